The van der Waals surface area contributed by atoms with Gasteiger partial charge in [0.15, 0.2) is 5.13 Å². The lowest BCUT2D eigenvalue weighted by atomic mass is 10.1. The molecule has 0 unspecified atom stereocenters. The number of fused-ring (bicyclic) bond motifs is 1. The number of hydrogen-bond donors (Lipinski definition) is 0. The molecule has 0 bridgehead atoms. The SMILES string of the molecule is Cc1ccc2sc(N(CCN3CCOCC3)C(=O)c3ccc(F)cc3Cl)nc2c1C.Cl. The van der Waals surface area contributed by atoms with Gasteiger partial charge in [-0.15, -0.1) is 12.4 Å². The number of ether oxygens (including phenoxy) is 1. The largest absolute Gasteiger partial charge is 0.379 e. The molecule has 1 aliphatic rings. The molecule has 0 spiro atoms. The molecule has 1 amide bonds. The Labute approximate surface area is 196 Å². The number of carbonyl (C=O) groups is 1. The molecular weight excluding hydrogens is 460 g/mol. The van der Waals surface area contributed by atoms with Crippen LogP contribution in [-0.4, -0.2) is 55.2 Å². The standard InChI is InChI=1S/C22H23ClFN3O2S.ClH/c1-14-3-6-19-20(15(14)2)25-22(30-19)27(8-7-26-9-11-29-12-10-26)21(28)17-5-4-16(24)13-18(17)23;/h3-6,13H,7-12H2,1-2H3;1H. The van der Waals surface area contributed by atoms with Crippen LogP contribution < -0.4 is 4.90 Å². The van der Waals surface area contributed by atoms with Crippen LogP contribution in [0.25, 0.3) is 10.2 Å². The number of nitrogens with zero attached hydrogens (tertiary/aromatic N) is 3. The maximum atomic E-state index is 13.5. The van der Waals surface area contributed by atoms with Crippen LogP contribution in [0.3, 0.4) is 0 Å². The van der Waals surface area contributed by atoms with Gasteiger partial charge >= 0.3 is 0 Å². The maximum absolute atomic E-state index is 13.5. The lowest BCUT2D eigenvalue weighted by Gasteiger charge is -2.29. The molecular formula is C22H24Cl2FN3O2S. The zero-order valence-corrected chi connectivity index (χ0v) is 19.7. The van der Waals surface area contributed by atoms with Gasteiger partial charge < -0.3 is 4.74 Å². The first-order valence-electron chi connectivity index (χ1n) is 9.88. The van der Waals surface area contributed by atoms with E-state index >= 15 is 0 Å². The van der Waals surface area contributed by atoms with Gasteiger partial charge in [0.1, 0.15) is 5.82 Å². The third-order valence-electron chi connectivity index (χ3n) is 5.45. The number of anilines is 1. The highest BCUT2D eigenvalue weighted by atomic mass is 35.5. The van der Waals surface area contributed by atoms with Gasteiger partial charge in [0.25, 0.3) is 5.91 Å². The Morgan fingerprint density at radius 2 is 2.00 bits per heavy atom. The predicted octanol–water partition coefficient (Wildman–Crippen LogP) is 5.11. The molecule has 166 valence electrons. The van der Waals surface area contributed by atoms with Crippen molar-refractivity contribution < 1.29 is 13.9 Å². The average molecular weight is 484 g/mol. The van der Waals surface area contributed by atoms with Crippen LogP contribution in [0.1, 0.15) is 21.5 Å². The molecule has 9 heteroatoms. The van der Waals surface area contributed by atoms with Gasteiger partial charge in [-0.3, -0.25) is 14.6 Å². The molecule has 3 aromatic rings. The van der Waals surface area contributed by atoms with Crippen molar-refractivity contribution in [3.05, 3.63) is 57.9 Å². The average Bonchev–Trinajstić information content (AvgIpc) is 3.16. The second kappa shape index (κ2) is 10.2. The number of amides is 1. The zero-order valence-electron chi connectivity index (χ0n) is 17.4. The summed E-state index contributed by atoms with van der Waals surface area (Å²) in [6, 6.07) is 7.96. The first-order valence-corrected chi connectivity index (χ1v) is 11.1. The molecule has 2 aromatic carbocycles. The number of aromatic nitrogens is 1. The number of carbonyl (C=O) groups excluding carboxylic acids is 1. The molecule has 1 aromatic heterocycles. The van der Waals surface area contributed by atoms with Gasteiger partial charge in [0, 0.05) is 26.2 Å². The highest BCUT2D eigenvalue weighted by molar-refractivity contribution is 7.22. The Hall–Kier alpha value is -1.77. The van der Waals surface area contributed by atoms with E-state index in [4.69, 9.17) is 21.3 Å². The van der Waals surface area contributed by atoms with E-state index in [0.717, 1.165) is 34.4 Å². The van der Waals surface area contributed by atoms with E-state index in [1.54, 1.807) is 4.90 Å². The summed E-state index contributed by atoms with van der Waals surface area (Å²) in [6.07, 6.45) is 0. The van der Waals surface area contributed by atoms with E-state index in [1.165, 1.54) is 29.5 Å². The summed E-state index contributed by atoms with van der Waals surface area (Å²) >= 11 is 7.68. The second-order valence-electron chi connectivity index (χ2n) is 7.39. The van der Waals surface area contributed by atoms with Gasteiger partial charge in [-0.05, 0) is 49.2 Å². The van der Waals surface area contributed by atoms with E-state index in [2.05, 4.69) is 11.0 Å². The second-order valence-corrected chi connectivity index (χ2v) is 8.80. The van der Waals surface area contributed by atoms with Crippen LogP contribution in [0.4, 0.5) is 9.52 Å². The van der Waals surface area contributed by atoms with Crippen LogP contribution in [0, 0.1) is 19.7 Å². The molecule has 0 N–H and O–H groups in total. The predicted molar refractivity (Wildman–Crippen MR) is 127 cm³/mol. The minimum atomic E-state index is -0.470. The Kier molecular flexibility index (Phi) is 7.88. The van der Waals surface area contributed by atoms with Crippen molar-refractivity contribution in [2.75, 3.05) is 44.3 Å². The van der Waals surface area contributed by atoms with E-state index in [1.807, 2.05) is 19.9 Å². The van der Waals surface area contributed by atoms with E-state index in [-0.39, 0.29) is 28.9 Å². The molecule has 4 rings (SSSR count). The van der Waals surface area contributed by atoms with Crippen molar-refractivity contribution in [2.45, 2.75) is 13.8 Å². The number of morpholine rings is 1. The van der Waals surface area contributed by atoms with E-state index in [9.17, 15) is 9.18 Å². The molecule has 0 saturated carbocycles. The number of benzene rings is 2. The summed E-state index contributed by atoms with van der Waals surface area (Å²) in [5.74, 6) is -0.746. The molecule has 0 aliphatic carbocycles. The molecule has 2 heterocycles. The number of rotatable bonds is 5. The van der Waals surface area contributed by atoms with Crippen molar-refractivity contribution in [2.24, 2.45) is 0 Å². The summed E-state index contributed by atoms with van der Waals surface area (Å²) in [5, 5.41) is 0.724. The molecule has 31 heavy (non-hydrogen) atoms. The Morgan fingerprint density at radius 3 is 2.71 bits per heavy atom. The third kappa shape index (κ3) is 5.18. The van der Waals surface area contributed by atoms with Crippen molar-refractivity contribution in [3.8, 4) is 0 Å². The highest BCUT2D eigenvalue weighted by Gasteiger charge is 2.25. The van der Waals surface area contributed by atoms with Crippen molar-refractivity contribution in [1.29, 1.82) is 0 Å². The topological polar surface area (TPSA) is 45.7 Å². The van der Waals surface area contributed by atoms with E-state index < -0.39 is 5.82 Å². The smallest absolute Gasteiger partial charge is 0.261 e. The lowest BCUT2D eigenvalue weighted by molar-refractivity contribution is 0.0391. The fourth-order valence-corrected chi connectivity index (χ4v) is 4.79. The normalized spacial score (nSPS) is 14.5. The van der Waals surface area contributed by atoms with Crippen LogP contribution in [-0.2, 0) is 4.74 Å². The fraction of sp³-hybridized carbons (Fsp3) is 0.364. The van der Waals surface area contributed by atoms with Crippen LogP contribution in [0.15, 0.2) is 30.3 Å². The molecule has 0 radical (unpaired) electrons. The van der Waals surface area contributed by atoms with Crippen molar-refractivity contribution in [1.82, 2.24) is 9.88 Å². The van der Waals surface area contributed by atoms with Crippen molar-refractivity contribution in [3.63, 3.8) is 0 Å². The summed E-state index contributed by atoms with van der Waals surface area (Å²) in [6.45, 7) is 8.29. The van der Waals surface area contributed by atoms with Gasteiger partial charge in [-0.2, -0.15) is 0 Å². The first-order chi connectivity index (χ1) is 14.4. The molecule has 1 saturated heterocycles. The Balaban J connectivity index is 0.00000272. The summed E-state index contributed by atoms with van der Waals surface area (Å²) in [4.78, 5) is 22.1. The number of hydrogen-bond acceptors (Lipinski definition) is 5. The summed E-state index contributed by atoms with van der Waals surface area (Å²) in [5.41, 5.74) is 3.44. The number of halogens is 3. The fourth-order valence-electron chi connectivity index (χ4n) is 3.49. The van der Waals surface area contributed by atoms with E-state index in [0.29, 0.717) is 31.4 Å². The minimum absolute atomic E-state index is 0. The van der Waals surface area contributed by atoms with Gasteiger partial charge in [0.2, 0.25) is 0 Å². The van der Waals surface area contributed by atoms with Gasteiger partial charge in [-0.1, -0.05) is 29.0 Å². The molecule has 0 atom stereocenters. The molecule has 1 fully saturated rings. The monoisotopic (exact) mass is 483 g/mol. The Morgan fingerprint density at radius 1 is 1.26 bits per heavy atom. The highest BCUT2D eigenvalue weighted by Crippen LogP contribution is 2.33. The molecule has 5 nitrogen and oxygen atoms in total. The van der Waals surface area contributed by atoms with Crippen LogP contribution >= 0.6 is 35.3 Å². The summed E-state index contributed by atoms with van der Waals surface area (Å²) < 4.78 is 20.0. The minimum Gasteiger partial charge on any atom is -0.379 e. The quantitative estimate of drug-likeness (QED) is 0.505. The zero-order chi connectivity index (χ0) is 21.3. The van der Waals surface area contributed by atoms with Gasteiger partial charge in [0.05, 0.1) is 34.0 Å². The van der Waals surface area contributed by atoms with Crippen LogP contribution in [0.2, 0.25) is 5.02 Å². The Bertz CT molecular complexity index is 1090. The number of thiazole rings is 1. The first kappa shape index (κ1) is 23.9. The lowest BCUT2D eigenvalue weighted by Crippen LogP contribution is -2.43. The maximum Gasteiger partial charge on any atom is 0.261 e. The van der Waals surface area contributed by atoms with Crippen LogP contribution in [0.5, 0.6) is 0 Å². The third-order valence-corrected chi connectivity index (χ3v) is 6.81. The molecule has 1 aliphatic heterocycles. The summed E-state index contributed by atoms with van der Waals surface area (Å²) in [7, 11) is 0. The van der Waals surface area contributed by atoms with Crippen molar-refractivity contribution >= 4 is 56.6 Å². The van der Waals surface area contributed by atoms with Gasteiger partial charge in [-0.25, -0.2) is 9.37 Å². The number of aryl methyl sites for hydroxylation is 2.